The number of rotatable bonds is 8. The van der Waals surface area contributed by atoms with Crippen LogP contribution in [-0.2, 0) is 9.59 Å². The Morgan fingerprint density at radius 1 is 1.17 bits per heavy atom. The lowest BCUT2D eigenvalue weighted by Crippen LogP contribution is -2.50. The van der Waals surface area contributed by atoms with E-state index in [9.17, 15) is 14.7 Å². The minimum atomic E-state index is -0.588. The molecule has 0 radical (unpaired) electrons. The van der Waals surface area contributed by atoms with Gasteiger partial charge in [0.25, 0.3) is 0 Å². The van der Waals surface area contributed by atoms with Crippen LogP contribution in [0.2, 0.25) is 0 Å². The Morgan fingerprint density at radius 2 is 1.92 bits per heavy atom. The Morgan fingerprint density at radius 3 is 2.53 bits per heavy atom. The van der Waals surface area contributed by atoms with Gasteiger partial charge in [0.1, 0.15) is 12.1 Å². The SMILES string of the molecule is Cc1cn([C@H](C(=O)N2CCC[C@H]2C(=O)N[C@@H](CO)c2ccc(-c3cccnc3C)cc2)C(C)C)nn1. The highest BCUT2D eigenvalue weighted by atomic mass is 16.3. The molecule has 1 aromatic carbocycles. The van der Waals surface area contributed by atoms with E-state index in [0.717, 1.165) is 34.5 Å². The monoisotopic (exact) mass is 490 g/mol. The fourth-order valence-corrected chi connectivity index (χ4v) is 4.86. The number of nitrogens with zero attached hydrogens (tertiary/aromatic N) is 5. The van der Waals surface area contributed by atoms with Crippen LogP contribution in [0.5, 0.6) is 0 Å². The van der Waals surface area contributed by atoms with Crippen molar-refractivity contribution in [3.8, 4) is 11.1 Å². The molecule has 3 atom stereocenters. The van der Waals surface area contributed by atoms with Crippen molar-refractivity contribution in [3.63, 3.8) is 0 Å². The molecule has 1 fully saturated rings. The molecule has 1 aliphatic heterocycles. The zero-order valence-electron chi connectivity index (χ0n) is 21.3. The van der Waals surface area contributed by atoms with Gasteiger partial charge in [0.2, 0.25) is 11.8 Å². The van der Waals surface area contributed by atoms with Crippen molar-refractivity contribution >= 4 is 11.8 Å². The van der Waals surface area contributed by atoms with Crippen molar-refractivity contribution in [2.24, 2.45) is 5.92 Å². The molecule has 2 N–H and O–H groups in total. The van der Waals surface area contributed by atoms with Gasteiger partial charge in [0.15, 0.2) is 0 Å². The fourth-order valence-electron chi connectivity index (χ4n) is 4.86. The first-order chi connectivity index (χ1) is 17.3. The maximum Gasteiger partial charge on any atom is 0.248 e. The summed E-state index contributed by atoms with van der Waals surface area (Å²) in [6, 6.07) is 9.96. The number of amides is 2. The van der Waals surface area contributed by atoms with Crippen molar-refractivity contribution in [3.05, 3.63) is 65.7 Å². The molecule has 2 aromatic heterocycles. The van der Waals surface area contributed by atoms with Crippen LogP contribution in [-0.4, -0.2) is 61.0 Å². The predicted molar refractivity (Wildman–Crippen MR) is 136 cm³/mol. The topological polar surface area (TPSA) is 113 Å². The van der Waals surface area contributed by atoms with Crippen LogP contribution in [0, 0.1) is 19.8 Å². The quantitative estimate of drug-likeness (QED) is 0.502. The molecular formula is C27H34N6O3. The van der Waals surface area contributed by atoms with Crippen molar-refractivity contribution in [1.82, 2.24) is 30.2 Å². The van der Waals surface area contributed by atoms with E-state index in [1.54, 1.807) is 22.0 Å². The summed E-state index contributed by atoms with van der Waals surface area (Å²) in [5.41, 5.74) is 4.52. The Kier molecular flexibility index (Phi) is 7.79. The number of aliphatic hydroxyl groups excluding tert-OH is 1. The van der Waals surface area contributed by atoms with Gasteiger partial charge in [-0.1, -0.05) is 49.4 Å². The molecule has 9 nitrogen and oxygen atoms in total. The highest BCUT2D eigenvalue weighted by Gasteiger charge is 2.39. The number of benzene rings is 1. The van der Waals surface area contributed by atoms with Gasteiger partial charge >= 0.3 is 0 Å². The predicted octanol–water partition coefficient (Wildman–Crippen LogP) is 2.99. The third-order valence-electron chi connectivity index (χ3n) is 6.76. The summed E-state index contributed by atoms with van der Waals surface area (Å²) in [6.45, 7) is 7.98. The first-order valence-corrected chi connectivity index (χ1v) is 12.4. The van der Waals surface area contributed by atoms with Crippen LogP contribution >= 0.6 is 0 Å². The summed E-state index contributed by atoms with van der Waals surface area (Å²) in [5, 5.41) is 21.2. The molecular weight excluding hydrogens is 456 g/mol. The molecule has 190 valence electrons. The molecule has 0 saturated carbocycles. The minimum Gasteiger partial charge on any atom is -0.394 e. The molecule has 3 aromatic rings. The van der Waals surface area contributed by atoms with E-state index in [1.807, 2.05) is 64.1 Å². The van der Waals surface area contributed by atoms with Crippen LogP contribution in [0.1, 0.15) is 55.7 Å². The smallest absolute Gasteiger partial charge is 0.248 e. The highest BCUT2D eigenvalue weighted by Crippen LogP contribution is 2.28. The summed E-state index contributed by atoms with van der Waals surface area (Å²) >= 11 is 0. The number of hydrogen-bond acceptors (Lipinski definition) is 6. The van der Waals surface area contributed by atoms with Crippen LogP contribution < -0.4 is 5.32 Å². The molecule has 0 spiro atoms. The van der Waals surface area contributed by atoms with Gasteiger partial charge in [0.05, 0.1) is 18.3 Å². The third-order valence-corrected chi connectivity index (χ3v) is 6.76. The van der Waals surface area contributed by atoms with E-state index in [2.05, 4.69) is 20.6 Å². The number of likely N-dealkylation sites (tertiary alicyclic amines) is 1. The molecule has 1 saturated heterocycles. The van der Waals surface area contributed by atoms with Crippen LogP contribution in [0.15, 0.2) is 48.8 Å². The normalized spacial score (nSPS) is 17.3. The van der Waals surface area contributed by atoms with Crippen LogP contribution in [0.25, 0.3) is 11.1 Å². The van der Waals surface area contributed by atoms with Gasteiger partial charge < -0.3 is 15.3 Å². The lowest BCUT2D eigenvalue weighted by atomic mass is 10.00. The van der Waals surface area contributed by atoms with Gasteiger partial charge in [-0.25, -0.2) is 4.68 Å². The van der Waals surface area contributed by atoms with E-state index in [4.69, 9.17) is 0 Å². The summed E-state index contributed by atoms with van der Waals surface area (Å²) in [7, 11) is 0. The second-order valence-corrected chi connectivity index (χ2v) is 9.72. The molecule has 3 heterocycles. The first kappa shape index (κ1) is 25.5. The number of aryl methyl sites for hydroxylation is 2. The molecule has 4 rings (SSSR count). The van der Waals surface area contributed by atoms with Crippen molar-refractivity contribution < 1.29 is 14.7 Å². The summed E-state index contributed by atoms with van der Waals surface area (Å²) in [6.07, 6.45) is 4.84. The number of aromatic nitrogens is 4. The molecule has 0 unspecified atom stereocenters. The zero-order chi connectivity index (χ0) is 25.8. The zero-order valence-corrected chi connectivity index (χ0v) is 21.3. The molecule has 1 aliphatic rings. The second-order valence-electron chi connectivity index (χ2n) is 9.72. The number of carbonyl (C=O) groups excluding carboxylic acids is 2. The number of carbonyl (C=O) groups is 2. The van der Waals surface area contributed by atoms with Crippen molar-refractivity contribution in [2.45, 2.75) is 58.7 Å². The largest absolute Gasteiger partial charge is 0.394 e. The standard InChI is InChI=1S/C27H34N6O3/c1-17(2)25(33-15-18(3)30-31-33)27(36)32-14-6-8-24(32)26(35)29-23(16-34)21-11-9-20(10-12-21)22-7-5-13-28-19(22)4/h5,7,9-13,15,17,23-25,34H,6,8,14,16H2,1-4H3,(H,29,35)/t23-,24-,25-/m0/s1. The van der Waals surface area contributed by atoms with Crippen LogP contribution in [0.3, 0.4) is 0 Å². The Hall–Kier alpha value is -3.59. The van der Waals surface area contributed by atoms with E-state index in [1.165, 1.54) is 0 Å². The summed E-state index contributed by atoms with van der Waals surface area (Å²) < 4.78 is 1.59. The van der Waals surface area contributed by atoms with Gasteiger partial charge in [-0.3, -0.25) is 14.6 Å². The Balaban J connectivity index is 1.48. The lowest BCUT2D eigenvalue weighted by molar-refractivity contribution is -0.142. The van der Waals surface area contributed by atoms with Gasteiger partial charge in [-0.05, 0) is 49.8 Å². The molecule has 9 heteroatoms. The highest BCUT2D eigenvalue weighted by molar-refractivity contribution is 5.90. The average molecular weight is 491 g/mol. The van der Waals surface area contributed by atoms with E-state index in [0.29, 0.717) is 13.0 Å². The molecule has 36 heavy (non-hydrogen) atoms. The van der Waals surface area contributed by atoms with E-state index < -0.39 is 18.1 Å². The molecule has 0 bridgehead atoms. The maximum atomic E-state index is 13.5. The average Bonchev–Trinajstić information content (AvgIpc) is 3.52. The number of nitrogens with one attached hydrogen (secondary N) is 1. The molecule has 0 aliphatic carbocycles. The van der Waals surface area contributed by atoms with Crippen LogP contribution in [0.4, 0.5) is 0 Å². The minimum absolute atomic E-state index is 0.0185. The van der Waals surface area contributed by atoms with E-state index >= 15 is 0 Å². The van der Waals surface area contributed by atoms with Crippen molar-refractivity contribution in [1.29, 1.82) is 0 Å². The Bertz CT molecular complexity index is 1210. The number of aliphatic hydroxyl groups is 1. The fraction of sp³-hybridized carbons (Fsp3) is 0.444. The first-order valence-electron chi connectivity index (χ1n) is 12.4. The van der Waals surface area contributed by atoms with Crippen molar-refractivity contribution in [2.75, 3.05) is 13.2 Å². The second kappa shape index (κ2) is 11.0. The van der Waals surface area contributed by atoms with Gasteiger partial charge in [-0.2, -0.15) is 0 Å². The van der Waals surface area contributed by atoms with Gasteiger partial charge in [0, 0.05) is 30.2 Å². The van der Waals surface area contributed by atoms with E-state index in [-0.39, 0.29) is 24.3 Å². The summed E-state index contributed by atoms with van der Waals surface area (Å²) in [5.74, 6) is -0.413. The third kappa shape index (κ3) is 5.31. The number of pyridine rings is 1. The summed E-state index contributed by atoms with van der Waals surface area (Å²) in [4.78, 5) is 32.8. The maximum absolute atomic E-state index is 13.5. The lowest BCUT2D eigenvalue weighted by Gasteiger charge is -2.30. The number of hydrogen-bond donors (Lipinski definition) is 2. The molecule has 2 amide bonds. The van der Waals surface area contributed by atoms with Gasteiger partial charge in [-0.15, -0.1) is 5.10 Å². The Labute approximate surface area is 211 Å².